The Bertz CT molecular complexity index is 224. The van der Waals surface area contributed by atoms with Crippen LogP contribution in [-0.2, 0) is 9.53 Å². The van der Waals surface area contributed by atoms with Gasteiger partial charge in [0.1, 0.15) is 6.61 Å². The molecule has 3 heteroatoms. The van der Waals surface area contributed by atoms with Crippen molar-refractivity contribution in [2.75, 3.05) is 20.3 Å². The van der Waals surface area contributed by atoms with Crippen molar-refractivity contribution in [3.8, 4) is 0 Å². The molecule has 0 rings (SSSR count). The normalized spacial score (nSPS) is 11.6. The van der Waals surface area contributed by atoms with Crippen molar-refractivity contribution in [1.29, 1.82) is 0 Å². The summed E-state index contributed by atoms with van der Waals surface area (Å²) in [5, 5.41) is 3.25. The van der Waals surface area contributed by atoms with Gasteiger partial charge in [-0.15, -0.1) is 0 Å². The first kappa shape index (κ1) is 16.2. The van der Waals surface area contributed by atoms with Crippen molar-refractivity contribution in [2.45, 2.75) is 52.4 Å². The third-order valence-corrected chi connectivity index (χ3v) is 2.60. The van der Waals surface area contributed by atoms with Gasteiger partial charge < -0.3 is 10.1 Å². The number of carbonyl (C=O) groups excluding carboxylic acids is 1. The van der Waals surface area contributed by atoms with Gasteiger partial charge >= 0.3 is 0 Å². The van der Waals surface area contributed by atoms with Crippen molar-refractivity contribution in [2.24, 2.45) is 0 Å². The average molecular weight is 241 g/mol. The molecule has 3 nitrogen and oxygen atoms in total. The minimum Gasteiger partial charge on any atom is -0.388 e. The molecule has 0 aromatic rings. The zero-order chi connectivity index (χ0) is 12.9. The SMILES string of the molecule is CCCCCCCCN/C(C)=C/C(=O)COC. The Morgan fingerprint density at radius 2 is 1.82 bits per heavy atom. The minimum absolute atomic E-state index is 0.0143. The molecule has 0 aliphatic carbocycles. The van der Waals surface area contributed by atoms with Crippen LogP contribution in [0.5, 0.6) is 0 Å². The number of nitrogens with one attached hydrogen (secondary N) is 1. The van der Waals surface area contributed by atoms with E-state index in [1.807, 2.05) is 6.92 Å². The quantitative estimate of drug-likeness (QED) is 0.446. The second-order valence-corrected chi connectivity index (χ2v) is 4.42. The molecule has 0 aromatic heterocycles. The summed E-state index contributed by atoms with van der Waals surface area (Å²) < 4.78 is 4.76. The predicted octanol–water partition coefficient (Wildman–Crippen LogP) is 3.06. The fourth-order valence-electron chi connectivity index (χ4n) is 1.67. The molecule has 0 aromatic carbocycles. The Balaban J connectivity index is 3.44. The summed E-state index contributed by atoms with van der Waals surface area (Å²) in [5.41, 5.74) is 0.931. The molecule has 0 heterocycles. The molecule has 0 aliphatic heterocycles. The third-order valence-electron chi connectivity index (χ3n) is 2.60. The Hall–Kier alpha value is -0.830. The van der Waals surface area contributed by atoms with E-state index in [9.17, 15) is 4.79 Å². The van der Waals surface area contributed by atoms with E-state index >= 15 is 0 Å². The summed E-state index contributed by atoms with van der Waals surface area (Å²) in [7, 11) is 1.53. The van der Waals surface area contributed by atoms with Crippen LogP contribution in [0.1, 0.15) is 52.4 Å². The van der Waals surface area contributed by atoms with Gasteiger partial charge in [0.25, 0.3) is 0 Å². The van der Waals surface area contributed by atoms with Crippen LogP contribution in [0, 0.1) is 0 Å². The molecule has 0 atom stereocenters. The molecule has 0 amide bonds. The van der Waals surface area contributed by atoms with Crippen molar-refractivity contribution >= 4 is 5.78 Å². The molecule has 0 radical (unpaired) electrons. The first-order valence-corrected chi connectivity index (χ1v) is 6.64. The molecular formula is C14H27NO2. The smallest absolute Gasteiger partial charge is 0.182 e. The van der Waals surface area contributed by atoms with Crippen LogP contribution in [0.4, 0.5) is 0 Å². The van der Waals surface area contributed by atoms with E-state index in [0.29, 0.717) is 0 Å². The van der Waals surface area contributed by atoms with Crippen LogP contribution in [0.2, 0.25) is 0 Å². The maximum atomic E-state index is 11.2. The number of unbranched alkanes of at least 4 members (excludes halogenated alkanes) is 5. The number of allylic oxidation sites excluding steroid dienone is 1. The van der Waals surface area contributed by atoms with Gasteiger partial charge in [-0.25, -0.2) is 0 Å². The van der Waals surface area contributed by atoms with Crippen LogP contribution in [0.3, 0.4) is 0 Å². The number of methoxy groups -OCH3 is 1. The Morgan fingerprint density at radius 1 is 1.18 bits per heavy atom. The van der Waals surface area contributed by atoms with Crippen molar-refractivity contribution in [1.82, 2.24) is 5.32 Å². The number of ketones is 1. The lowest BCUT2D eigenvalue weighted by molar-refractivity contribution is -0.118. The number of hydrogen-bond acceptors (Lipinski definition) is 3. The highest BCUT2D eigenvalue weighted by molar-refractivity contribution is 5.91. The monoisotopic (exact) mass is 241 g/mol. The fraction of sp³-hybridized carbons (Fsp3) is 0.786. The minimum atomic E-state index is 0.0143. The number of rotatable bonds is 11. The Morgan fingerprint density at radius 3 is 2.47 bits per heavy atom. The first-order chi connectivity index (χ1) is 8.20. The van der Waals surface area contributed by atoms with Crippen LogP contribution >= 0.6 is 0 Å². The van der Waals surface area contributed by atoms with E-state index < -0.39 is 0 Å². The maximum Gasteiger partial charge on any atom is 0.182 e. The number of carbonyl (C=O) groups is 1. The summed E-state index contributed by atoms with van der Waals surface area (Å²) in [4.78, 5) is 11.2. The Kier molecular flexibility index (Phi) is 11.1. The molecule has 0 bridgehead atoms. The predicted molar refractivity (Wildman–Crippen MR) is 72.0 cm³/mol. The lowest BCUT2D eigenvalue weighted by Crippen LogP contribution is -2.15. The zero-order valence-electron chi connectivity index (χ0n) is 11.6. The summed E-state index contributed by atoms with van der Waals surface area (Å²) in [6.07, 6.45) is 9.36. The highest BCUT2D eigenvalue weighted by Crippen LogP contribution is 2.04. The summed E-state index contributed by atoms with van der Waals surface area (Å²) in [5.74, 6) is 0.0143. The van der Waals surface area contributed by atoms with Gasteiger partial charge in [0, 0.05) is 25.4 Å². The van der Waals surface area contributed by atoms with Gasteiger partial charge in [0.2, 0.25) is 0 Å². The summed E-state index contributed by atoms with van der Waals surface area (Å²) in [6, 6.07) is 0. The van der Waals surface area contributed by atoms with Crippen molar-refractivity contribution in [3.63, 3.8) is 0 Å². The highest BCUT2D eigenvalue weighted by Gasteiger charge is 1.97. The van der Waals surface area contributed by atoms with Crippen LogP contribution in [-0.4, -0.2) is 26.0 Å². The van der Waals surface area contributed by atoms with E-state index in [4.69, 9.17) is 4.74 Å². The highest BCUT2D eigenvalue weighted by atomic mass is 16.5. The molecule has 1 N–H and O–H groups in total. The summed E-state index contributed by atoms with van der Waals surface area (Å²) in [6.45, 7) is 5.27. The lowest BCUT2D eigenvalue weighted by Gasteiger charge is -2.06. The van der Waals surface area contributed by atoms with Gasteiger partial charge in [-0.1, -0.05) is 39.0 Å². The van der Waals surface area contributed by atoms with E-state index in [2.05, 4.69) is 12.2 Å². The number of ether oxygens (including phenoxy) is 1. The molecule has 100 valence electrons. The van der Waals surface area contributed by atoms with Gasteiger partial charge in [-0.05, 0) is 13.3 Å². The van der Waals surface area contributed by atoms with E-state index in [-0.39, 0.29) is 12.4 Å². The van der Waals surface area contributed by atoms with Gasteiger partial charge in [0.05, 0.1) is 0 Å². The van der Waals surface area contributed by atoms with E-state index in [1.54, 1.807) is 6.08 Å². The zero-order valence-corrected chi connectivity index (χ0v) is 11.6. The molecular weight excluding hydrogens is 214 g/mol. The van der Waals surface area contributed by atoms with Crippen LogP contribution in [0.15, 0.2) is 11.8 Å². The van der Waals surface area contributed by atoms with Crippen LogP contribution < -0.4 is 5.32 Å². The summed E-state index contributed by atoms with van der Waals surface area (Å²) >= 11 is 0. The van der Waals surface area contributed by atoms with Crippen LogP contribution in [0.25, 0.3) is 0 Å². The topological polar surface area (TPSA) is 38.3 Å². The molecule has 0 saturated carbocycles. The third kappa shape index (κ3) is 11.4. The number of hydrogen-bond donors (Lipinski definition) is 1. The molecule has 0 aliphatic rings. The van der Waals surface area contributed by atoms with E-state index in [0.717, 1.165) is 12.2 Å². The standard InChI is InChI=1S/C14H27NO2/c1-4-5-6-7-8-9-10-15-13(2)11-14(16)12-17-3/h11,15H,4-10,12H2,1-3H3/b13-11+. The molecule has 17 heavy (non-hydrogen) atoms. The largest absolute Gasteiger partial charge is 0.388 e. The maximum absolute atomic E-state index is 11.2. The Labute approximate surface area is 106 Å². The average Bonchev–Trinajstić information content (AvgIpc) is 2.28. The van der Waals surface area contributed by atoms with E-state index in [1.165, 1.54) is 45.6 Å². The van der Waals surface area contributed by atoms with Gasteiger partial charge in [0.15, 0.2) is 5.78 Å². The second-order valence-electron chi connectivity index (χ2n) is 4.42. The lowest BCUT2D eigenvalue weighted by atomic mass is 10.1. The molecule has 0 fully saturated rings. The molecule has 0 unspecified atom stereocenters. The molecule has 0 saturated heterocycles. The van der Waals surface area contributed by atoms with Crippen molar-refractivity contribution in [3.05, 3.63) is 11.8 Å². The van der Waals surface area contributed by atoms with Gasteiger partial charge in [-0.2, -0.15) is 0 Å². The second kappa shape index (κ2) is 11.6. The van der Waals surface area contributed by atoms with Gasteiger partial charge in [-0.3, -0.25) is 4.79 Å². The molecule has 0 spiro atoms. The first-order valence-electron chi connectivity index (χ1n) is 6.64. The van der Waals surface area contributed by atoms with Crippen molar-refractivity contribution < 1.29 is 9.53 Å². The fourth-order valence-corrected chi connectivity index (χ4v) is 1.67.